The fourth-order valence-electron chi connectivity index (χ4n) is 3.04. The Morgan fingerprint density at radius 1 is 1.06 bits per heavy atom. The van der Waals surface area contributed by atoms with Gasteiger partial charge in [0.15, 0.2) is 0 Å². The van der Waals surface area contributed by atoms with Crippen molar-refractivity contribution < 1.29 is 17.8 Å². The molecule has 1 heterocycles. The molecule has 9 heteroatoms. The fourth-order valence-corrected chi connectivity index (χ4v) is 4.34. The number of thiazole rings is 1. The van der Waals surface area contributed by atoms with Crippen molar-refractivity contribution in [3.05, 3.63) is 81.8 Å². The van der Waals surface area contributed by atoms with Gasteiger partial charge in [-0.1, -0.05) is 63.2 Å². The van der Waals surface area contributed by atoms with Gasteiger partial charge in [-0.3, -0.25) is 14.1 Å². The predicted molar refractivity (Wildman–Crippen MR) is 127 cm³/mol. The highest BCUT2D eigenvalue weighted by atomic mass is 32.2. The summed E-state index contributed by atoms with van der Waals surface area (Å²) in [6, 6.07) is 16.4. The molecule has 7 nitrogen and oxygen atoms in total. The number of hydrogen-bond donors (Lipinski definition) is 3. The van der Waals surface area contributed by atoms with Crippen LogP contribution in [-0.4, -0.2) is 23.9 Å². The molecule has 3 aromatic rings. The lowest BCUT2D eigenvalue weighted by atomic mass is 9.94. The van der Waals surface area contributed by atoms with Crippen LogP contribution in [0.1, 0.15) is 48.6 Å². The minimum Gasteiger partial charge on any atom is -0.346 e. The maximum atomic E-state index is 12.7. The van der Waals surface area contributed by atoms with Gasteiger partial charge in [-0.05, 0) is 29.7 Å². The highest BCUT2D eigenvalue weighted by Gasteiger charge is 2.26. The maximum absolute atomic E-state index is 12.7. The minimum absolute atomic E-state index is 0.0769. The molecule has 0 bridgehead atoms. The Morgan fingerprint density at radius 3 is 2.31 bits per heavy atom. The first-order valence-electron chi connectivity index (χ1n) is 10.1. The Bertz CT molecular complexity index is 1150. The normalized spacial score (nSPS) is 12.9. The van der Waals surface area contributed by atoms with Crippen LogP contribution in [0.15, 0.2) is 60.0 Å². The number of amides is 1. The van der Waals surface area contributed by atoms with E-state index in [2.05, 4.69) is 17.4 Å². The summed E-state index contributed by atoms with van der Waals surface area (Å²) in [7, 11) is -4.33. The van der Waals surface area contributed by atoms with Crippen LogP contribution in [0.2, 0.25) is 0 Å². The number of carbonyl (C=O) groups is 1. The minimum atomic E-state index is -4.33. The molecule has 1 amide bonds. The first-order chi connectivity index (χ1) is 15.0. The Hall–Kier alpha value is -2.75. The van der Waals surface area contributed by atoms with Gasteiger partial charge in [0, 0.05) is 17.2 Å². The van der Waals surface area contributed by atoms with Crippen molar-refractivity contribution >= 4 is 33.2 Å². The number of nitrogens with zero attached hydrogens (tertiary/aromatic N) is 1. The van der Waals surface area contributed by atoms with Crippen LogP contribution in [0, 0.1) is 5.41 Å². The number of anilines is 1. The molecule has 3 N–H and O–H groups in total. The summed E-state index contributed by atoms with van der Waals surface area (Å²) in [6.07, 6.45) is 1.21. The van der Waals surface area contributed by atoms with Gasteiger partial charge in [0.05, 0.1) is 17.4 Å². The quantitative estimate of drug-likeness (QED) is 0.420. The molecule has 0 unspecified atom stereocenters. The zero-order valence-corrected chi connectivity index (χ0v) is 19.8. The first kappa shape index (κ1) is 23.9. The second-order valence-electron chi connectivity index (χ2n) is 8.59. The second-order valence-corrected chi connectivity index (χ2v) is 10.6. The van der Waals surface area contributed by atoms with E-state index in [0.717, 1.165) is 16.3 Å². The Morgan fingerprint density at radius 2 is 1.72 bits per heavy atom. The third kappa shape index (κ3) is 7.15. The molecule has 0 aliphatic heterocycles. The van der Waals surface area contributed by atoms with Crippen LogP contribution < -0.4 is 10.0 Å². The summed E-state index contributed by atoms with van der Waals surface area (Å²) in [6.45, 7) is 5.58. The lowest BCUT2D eigenvalue weighted by molar-refractivity contribution is -0.129. The van der Waals surface area contributed by atoms with Crippen LogP contribution >= 0.6 is 11.3 Å². The van der Waals surface area contributed by atoms with Gasteiger partial charge in [-0.2, -0.15) is 8.42 Å². The van der Waals surface area contributed by atoms with Crippen molar-refractivity contribution in [3.8, 4) is 0 Å². The summed E-state index contributed by atoms with van der Waals surface area (Å²) < 4.78 is 32.9. The molecular weight excluding hydrogens is 446 g/mol. The third-order valence-electron chi connectivity index (χ3n) is 4.72. The van der Waals surface area contributed by atoms with E-state index in [0.29, 0.717) is 12.8 Å². The topological polar surface area (TPSA) is 108 Å². The van der Waals surface area contributed by atoms with Crippen molar-refractivity contribution in [2.45, 2.75) is 39.7 Å². The lowest BCUT2D eigenvalue weighted by Gasteiger charge is -2.23. The molecule has 32 heavy (non-hydrogen) atoms. The van der Waals surface area contributed by atoms with Crippen LogP contribution in [0.3, 0.4) is 0 Å². The average molecular weight is 474 g/mol. The van der Waals surface area contributed by atoms with E-state index in [1.807, 2.05) is 49.1 Å². The van der Waals surface area contributed by atoms with Crippen LogP contribution in [0.4, 0.5) is 5.69 Å². The van der Waals surface area contributed by atoms with Crippen molar-refractivity contribution in [2.75, 3.05) is 4.72 Å². The number of aromatic nitrogens is 1. The molecule has 0 aliphatic carbocycles. The zero-order chi connectivity index (χ0) is 23.4. The number of rotatable bonds is 8. The van der Waals surface area contributed by atoms with Crippen molar-refractivity contribution in [1.29, 1.82) is 0 Å². The van der Waals surface area contributed by atoms with Gasteiger partial charge in [0.1, 0.15) is 5.01 Å². The number of nitrogens with one attached hydrogen (secondary N) is 2. The molecule has 0 saturated carbocycles. The van der Waals surface area contributed by atoms with Crippen molar-refractivity contribution in [3.63, 3.8) is 0 Å². The Labute approximate surface area is 192 Å². The molecule has 1 aromatic heterocycles. The SMILES string of the molecule is CC(C)(C)C(=O)N[C@@H](Cc1ccc(NS(=O)(=O)O)cc1)c1nc(Cc2ccccc2)cs1. The summed E-state index contributed by atoms with van der Waals surface area (Å²) in [4.78, 5) is 17.5. The first-order valence-corrected chi connectivity index (χ1v) is 12.4. The summed E-state index contributed by atoms with van der Waals surface area (Å²) in [5, 5.41) is 5.93. The summed E-state index contributed by atoms with van der Waals surface area (Å²) >= 11 is 1.51. The molecule has 1 atom stereocenters. The molecule has 0 spiro atoms. The summed E-state index contributed by atoms with van der Waals surface area (Å²) in [5.41, 5.74) is 2.71. The van der Waals surface area contributed by atoms with Gasteiger partial charge in [0.25, 0.3) is 0 Å². The highest BCUT2D eigenvalue weighted by Crippen LogP contribution is 2.26. The van der Waals surface area contributed by atoms with Gasteiger partial charge in [-0.15, -0.1) is 11.3 Å². The molecule has 0 aliphatic rings. The zero-order valence-electron chi connectivity index (χ0n) is 18.2. The van der Waals surface area contributed by atoms with Crippen molar-refractivity contribution in [1.82, 2.24) is 10.3 Å². The van der Waals surface area contributed by atoms with E-state index in [1.54, 1.807) is 24.3 Å². The fraction of sp³-hybridized carbons (Fsp3) is 0.304. The predicted octanol–water partition coefficient (Wildman–Crippen LogP) is 4.39. The third-order valence-corrected chi connectivity index (χ3v) is 6.22. The van der Waals surface area contributed by atoms with E-state index < -0.39 is 15.7 Å². The van der Waals surface area contributed by atoms with Crippen LogP contribution in [-0.2, 0) is 27.9 Å². The number of hydrogen-bond acceptors (Lipinski definition) is 5. The number of carbonyl (C=O) groups excluding carboxylic acids is 1. The van der Waals surface area contributed by atoms with Crippen LogP contribution in [0.5, 0.6) is 0 Å². The molecule has 2 aromatic carbocycles. The lowest BCUT2D eigenvalue weighted by Crippen LogP contribution is -2.38. The van der Waals surface area contributed by atoms with Crippen LogP contribution in [0.25, 0.3) is 0 Å². The Balaban J connectivity index is 1.80. The van der Waals surface area contributed by atoms with Gasteiger partial charge < -0.3 is 5.32 Å². The van der Waals surface area contributed by atoms with E-state index >= 15 is 0 Å². The van der Waals surface area contributed by atoms with E-state index in [1.165, 1.54) is 16.9 Å². The van der Waals surface area contributed by atoms with Gasteiger partial charge >= 0.3 is 10.3 Å². The summed E-state index contributed by atoms with van der Waals surface area (Å²) in [5.74, 6) is -0.0769. The van der Waals surface area contributed by atoms with E-state index in [9.17, 15) is 13.2 Å². The molecule has 0 fully saturated rings. The molecular formula is C23H27N3O4S2. The van der Waals surface area contributed by atoms with E-state index in [4.69, 9.17) is 9.54 Å². The molecule has 0 radical (unpaired) electrons. The average Bonchev–Trinajstić information content (AvgIpc) is 3.16. The molecule has 170 valence electrons. The standard InChI is InChI=1S/C23H27N3O4S2/c1-23(2,3)22(27)25-20(14-17-9-11-18(12-10-17)26-32(28,29)30)21-24-19(15-31-21)13-16-7-5-4-6-8-16/h4-12,15,20,26H,13-14H2,1-3H3,(H,25,27)(H,28,29,30)/t20-/m0/s1. The smallest absolute Gasteiger partial charge is 0.346 e. The molecule has 0 saturated heterocycles. The Kier molecular flexibility index (Phi) is 7.33. The van der Waals surface area contributed by atoms with Crippen molar-refractivity contribution in [2.24, 2.45) is 5.41 Å². The maximum Gasteiger partial charge on any atom is 0.357 e. The van der Waals surface area contributed by atoms with E-state index in [-0.39, 0.29) is 17.6 Å². The van der Waals surface area contributed by atoms with Gasteiger partial charge in [-0.25, -0.2) is 4.98 Å². The van der Waals surface area contributed by atoms with Gasteiger partial charge in [0.2, 0.25) is 5.91 Å². The largest absolute Gasteiger partial charge is 0.357 e. The molecule has 3 rings (SSSR count). The second kappa shape index (κ2) is 9.81. The highest BCUT2D eigenvalue weighted by molar-refractivity contribution is 7.87. The number of benzene rings is 2. The monoisotopic (exact) mass is 473 g/mol.